The summed E-state index contributed by atoms with van der Waals surface area (Å²) in [7, 11) is 1.46. The van der Waals surface area contributed by atoms with Gasteiger partial charge in [-0.15, -0.1) is 0 Å². The molecule has 0 aliphatic carbocycles. The number of aromatic nitrogens is 1. The number of H-pyrrole nitrogens is 1. The smallest absolute Gasteiger partial charge is 0.256 e. The number of aliphatic hydroxyl groups excluding tert-OH is 1. The fourth-order valence-corrected chi connectivity index (χ4v) is 3.53. The van der Waals surface area contributed by atoms with E-state index in [1.54, 1.807) is 19.9 Å². The van der Waals surface area contributed by atoms with Crippen molar-refractivity contribution in [3.8, 4) is 0 Å². The number of hydrogen-bond acceptors (Lipinski definition) is 4. The summed E-state index contributed by atoms with van der Waals surface area (Å²) in [6.07, 6.45) is 1.44. The van der Waals surface area contributed by atoms with E-state index in [9.17, 15) is 19.1 Å². The summed E-state index contributed by atoms with van der Waals surface area (Å²) >= 11 is 0. The molecule has 8 heteroatoms. The van der Waals surface area contributed by atoms with E-state index in [1.807, 2.05) is 0 Å². The van der Waals surface area contributed by atoms with Crippen molar-refractivity contribution in [3.63, 3.8) is 0 Å². The Morgan fingerprint density at radius 2 is 2.13 bits per heavy atom. The number of methoxy groups -OCH3 is 1. The van der Waals surface area contributed by atoms with E-state index in [4.69, 9.17) is 4.74 Å². The molecule has 3 rings (SSSR count). The van der Waals surface area contributed by atoms with Gasteiger partial charge in [0.2, 0.25) is 0 Å². The van der Waals surface area contributed by atoms with Crippen LogP contribution in [0, 0.1) is 19.7 Å². The first-order chi connectivity index (χ1) is 14.2. The number of carbonyl (C=O) groups is 2. The number of amides is 2. The molecular weight excluding hydrogens is 389 g/mol. The number of benzene rings is 1. The number of carbonyl (C=O) groups excluding carboxylic acids is 2. The minimum Gasteiger partial charge on any atom is -0.510 e. The summed E-state index contributed by atoms with van der Waals surface area (Å²) in [5.41, 5.74) is 3.73. The Labute approximate surface area is 173 Å². The predicted molar refractivity (Wildman–Crippen MR) is 113 cm³/mol. The normalized spacial score (nSPS) is 15.1. The number of ether oxygens (including phenoxy) is 1. The van der Waals surface area contributed by atoms with Gasteiger partial charge in [-0.05, 0) is 50.1 Å². The second kappa shape index (κ2) is 8.54. The zero-order chi connectivity index (χ0) is 22.0. The average molecular weight is 413 g/mol. The lowest BCUT2D eigenvalue weighted by molar-refractivity contribution is -0.110. The first kappa shape index (κ1) is 21.3. The molecule has 0 fully saturated rings. The lowest BCUT2D eigenvalue weighted by Crippen LogP contribution is -2.29. The highest BCUT2D eigenvalue weighted by Gasteiger charge is 2.26. The third kappa shape index (κ3) is 4.13. The Morgan fingerprint density at radius 1 is 1.40 bits per heavy atom. The van der Waals surface area contributed by atoms with Crippen molar-refractivity contribution in [3.05, 3.63) is 64.4 Å². The minimum absolute atomic E-state index is 0.0961. The standard InChI is InChI=1S/C22H24FN3O4/c1-11-18(10-16-15-9-14(23)5-6-17(15)26-21(16)28)25-12(2)20(11)22(29)24-8-7-19(30-4)13(3)27/h5-6,9-10,19,25,27H,3,7-8H2,1-2,4H3,(H,24,29)(H,26,28)/b16-10-/t19-/m0/s1. The molecule has 0 saturated heterocycles. The van der Waals surface area contributed by atoms with Crippen molar-refractivity contribution in [1.29, 1.82) is 0 Å². The fourth-order valence-electron chi connectivity index (χ4n) is 3.53. The zero-order valence-corrected chi connectivity index (χ0v) is 17.1. The first-order valence-electron chi connectivity index (χ1n) is 9.43. The van der Waals surface area contributed by atoms with E-state index in [-0.39, 0.29) is 24.1 Å². The number of nitrogens with one attached hydrogen (secondary N) is 3. The first-order valence-corrected chi connectivity index (χ1v) is 9.43. The Kier molecular flexibility index (Phi) is 6.07. The number of aliphatic hydroxyl groups is 1. The van der Waals surface area contributed by atoms with Gasteiger partial charge in [-0.1, -0.05) is 6.58 Å². The van der Waals surface area contributed by atoms with Gasteiger partial charge in [0.25, 0.3) is 11.8 Å². The van der Waals surface area contributed by atoms with Gasteiger partial charge in [0.15, 0.2) is 0 Å². The Balaban J connectivity index is 1.82. The second-order valence-corrected chi connectivity index (χ2v) is 7.13. The van der Waals surface area contributed by atoms with Crippen molar-refractivity contribution in [2.75, 3.05) is 19.0 Å². The summed E-state index contributed by atoms with van der Waals surface area (Å²) in [5, 5.41) is 14.9. The number of hydrogen-bond donors (Lipinski definition) is 4. The van der Waals surface area contributed by atoms with Crippen molar-refractivity contribution in [2.24, 2.45) is 0 Å². The van der Waals surface area contributed by atoms with Crippen LogP contribution in [0.5, 0.6) is 0 Å². The molecule has 0 unspecified atom stereocenters. The summed E-state index contributed by atoms with van der Waals surface area (Å²) in [5.74, 6) is -1.15. The van der Waals surface area contributed by atoms with E-state index in [1.165, 1.54) is 25.3 Å². The Morgan fingerprint density at radius 3 is 2.80 bits per heavy atom. The van der Waals surface area contributed by atoms with E-state index in [2.05, 4.69) is 22.2 Å². The number of anilines is 1. The summed E-state index contributed by atoms with van der Waals surface area (Å²) in [4.78, 5) is 28.1. The molecule has 4 N–H and O–H groups in total. The summed E-state index contributed by atoms with van der Waals surface area (Å²) < 4.78 is 18.7. The molecule has 0 spiro atoms. The predicted octanol–water partition coefficient (Wildman–Crippen LogP) is 3.47. The molecule has 1 aliphatic heterocycles. The number of aryl methyl sites for hydroxylation is 1. The number of aromatic amines is 1. The second-order valence-electron chi connectivity index (χ2n) is 7.13. The highest BCUT2D eigenvalue weighted by atomic mass is 19.1. The van der Waals surface area contributed by atoms with Crippen LogP contribution in [0.25, 0.3) is 11.6 Å². The maximum Gasteiger partial charge on any atom is 0.256 e. The number of fused-ring (bicyclic) bond motifs is 1. The van der Waals surface area contributed by atoms with Crippen LogP contribution in [0.2, 0.25) is 0 Å². The zero-order valence-electron chi connectivity index (χ0n) is 17.1. The molecule has 2 heterocycles. The Hall–Kier alpha value is -3.39. The van der Waals surface area contributed by atoms with E-state index < -0.39 is 11.9 Å². The third-order valence-electron chi connectivity index (χ3n) is 5.10. The van der Waals surface area contributed by atoms with Crippen LogP contribution >= 0.6 is 0 Å². The van der Waals surface area contributed by atoms with Gasteiger partial charge >= 0.3 is 0 Å². The molecule has 0 bridgehead atoms. The van der Waals surface area contributed by atoms with Crippen molar-refractivity contribution >= 4 is 29.2 Å². The number of rotatable bonds is 7. The maximum atomic E-state index is 13.6. The van der Waals surface area contributed by atoms with Crippen molar-refractivity contribution in [2.45, 2.75) is 26.4 Å². The minimum atomic E-state index is -0.555. The molecule has 1 aliphatic rings. The SMILES string of the molecule is C=C(O)[C@H](CCNC(=O)c1c(C)[nH]c(/C=C2\C(=O)Nc3ccc(F)cc32)c1C)OC. The van der Waals surface area contributed by atoms with Gasteiger partial charge in [0, 0.05) is 36.3 Å². The lowest BCUT2D eigenvalue weighted by atomic mass is 10.0. The summed E-state index contributed by atoms with van der Waals surface area (Å²) in [6.45, 7) is 7.26. The molecule has 2 aromatic rings. The highest BCUT2D eigenvalue weighted by Crippen LogP contribution is 2.34. The van der Waals surface area contributed by atoms with Crippen LogP contribution < -0.4 is 10.6 Å². The monoisotopic (exact) mass is 413 g/mol. The van der Waals surface area contributed by atoms with Gasteiger partial charge in [-0.25, -0.2) is 4.39 Å². The molecule has 1 aromatic carbocycles. The van der Waals surface area contributed by atoms with Crippen LogP contribution in [0.1, 0.15) is 39.3 Å². The fraction of sp³-hybridized carbons (Fsp3) is 0.273. The summed E-state index contributed by atoms with van der Waals surface area (Å²) in [6, 6.07) is 4.11. The Bertz CT molecular complexity index is 1050. The molecular formula is C22H24FN3O4. The van der Waals surface area contributed by atoms with Crippen LogP contribution in [-0.2, 0) is 9.53 Å². The molecule has 0 radical (unpaired) electrons. The molecule has 0 saturated carbocycles. The number of halogens is 1. The molecule has 30 heavy (non-hydrogen) atoms. The highest BCUT2D eigenvalue weighted by molar-refractivity contribution is 6.34. The van der Waals surface area contributed by atoms with E-state index in [0.29, 0.717) is 45.8 Å². The largest absolute Gasteiger partial charge is 0.510 e. The molecule has 1 atom stereocenters. The topological polar surface area (TPSA) is 103 Å². The van der Waals surface area contributed by atoms with Crippen LogP contribution in [0.4, 0.5) is 10.1 Å². The van der Waals surface area contributed by atoms with Gasteiger partial charge in [-0.2, -0.15) is 0 Å². The van der Waals surface area contributed by atoms with E-state index in [0.717, 1.165) is 0 Å². The van der Waals surface area contributed by atoms with Crippen molar-refractivity contribution < 1.29 is 23.8 Å². The quantitative estimate of drug-likeness (QED) is 0.412. The van der Waals surface area contributed by atoms with E-state index >= 15 is 0 Å². The molecule has 158 valence electrons. The van der Waals surface area contributed by atoms with Crippen LogP contribution in [0.3, 0.4) is 0 Å². The van der Waals surface area contributed by atoms with Gasteiger partial charge in [-0.3, -0.25) is 9.59 Å². The van der Waals surface area contributed by atoms with Gasteiger partial charge < -0.3 is 25.5 Å². The third-order valence-corrected chi connectivity index (χ3v) is 5.10. The maximum absolute atomic E-state index is 13.6. The molecule has 1 aromatic heterocycles. The molecule has 2 amide bonds. The molecule has 7 nitrogen and oxygen atoms in total. The van der Waals surface area contributed by atoms with Crippen LogP contribution in [0.15, 0.2) is 30.5 Å². The van der Waals surface area contributed by atoms with Crippen LogP contribution in [-0.4, -0.2) is 41.7 Å². The van der Waals surface area contributed by atoms with Crippen molar-refractivity contribution in [1.82, 2.24) is 10.3 Å². The average Bonchev–Trinajstić information content (AvgIpc) is 3.14. The van der Waals surface area contributed by atoms with Gasteiger partial charge in [0.05, 0.1) is 11.1 Å². The van der Waals surface area contributed by atoms with Gasteiger partial charge in [0.1, 0.15) is 17.7 Å². The lowest BCUT2D eigenvalue weighted by Gasteiger charge is -2.14.